The molecule has 2 aromatic heterocycles. The number of thioether (sulfide) groups is 1. The number of hydrogen-bond acceptors (Lipinski definition) is 5. The Labute approximate surface area is 92.1 Å². The second-order valence-electron chi connectivity index (χ2n) is 3.52. The molecule has 80 valence electrons. The van der Waals surface area contributed by atoms with Gasteiger partial charge in [-0.2, -0.15) is 5.10 Å². The highest BCUT2D eigenvalue weighted by Crippen LogP contribution is 2.22. The normalized spacial score (nSPS) is 11.5. The molecule has 6 heteroatoms. The second-order valence-corrected chi connectivity index (χ2v) is 4.29. The number of rotatable bonds is 2. The molecule has 0 atom stereocenters. The smallest absolute Gasteiger partial charge is 0.191 e. The monoisotopic (exact) mass is 223 g/mol. The first-order valence-electron chi connectivity index (χ1n) is 4.68. The molecule has 0 unspecified atom stereocenters. The average molecular weight is 223 g/mol. The van der Waals surface area contributed by atoms with Crippen molar-refractivity contribution in [2.45, 2.75) is 25.0 Å². The lowest BCUT2D eigenvalue weighted by molar-refractivity contribution is 0.545. The summed E-state index contributed by atoms with van der Waals surface area (Å²) in [4.78, 5) is 8.58. The van der Waals surface area contributed by atoms with Gasteiger partial charge in [0.15, 0.2) is 10.8 Å². The van der Waals surface area contributed by atoms with Gasteiger partial charge in [-0.15, -0.1) is 0 Å². The van der Waals surface area contributed by atoms with Crippen LogP contribution in [0.4, 0.5) is 5.82 Å². The lowest BCUT2D eigenvalue weighted by Crippen LogP contribution is -2.05. The highest BCUT2D eigenvalue weighted by atomic mass is 32.2. The van der Waals surface area contributed by atoms with Crippen molar-refractivity contribution in [2.24, 2.45) is 0 Å². The fourth-order valence-corrected chi connectivity index (χ4v) is 1.76. The van der Waals surface area contributed by atoms with E-state index in [-0.39, 0.29) is 6.04 Å². The maximum absolute atomic E-state index is 5.83. The SMILES string of the molecule is CSc1nc(N)c2cnn(C(C)C)c2n1. The Morgan fingerprint density at radius 1 is 1.40 bits per heavy atom. The van der Waals surface area contributed by atoms with Crippen LogP contribution in [0.1, 0.15) is 19.9 Å². The Bertz CT molecular complexity index is 490. The third kappa shape index (κ3) is 1.65. The minimum atomic E-state index is 0.270. The van der Waals surface area contributed by atoms with E-state index in [1.807, 2.05) is 10.9 Å². The predicted molar refractivity (Wildman–Crippen MR) is 61.9 cm³/mol. The fraction of sp³-hybridized carbons (Fsp3) is 0.444. The van der Waals surface area contributed by atoms with Crippen LogP contribution in [-0.4, -0.2) is 26.0 Å². The van der Waals surface area contributed by atoms with E-state index in [1.165, 1.54) is 11.8 Å². The van der Waals surface area contributed by atoms with E-state index in [0.29, 0.717) is 11.0 Å². The van der Waals surface area contributed by atoms with Gasteiger partial charge in [0.25, 0.3) is 0 Å². The molecule has 0 saturated carbocycles. The summed E-state index contributed by atoms with van der Waals surface area (Å²) in [6, 6.07) is 0.270. The summed E-state index contributed by atoms with van der Waals surface area (Å²) < 4.78 is 1.85. The van der Waals surface area contributed by atoms with Gasteiger partial charge in [0, 0.05) is 6.04 Å². The van der Waals surface area contributed by atoms with Gasteiger partial charge in [-0.3, -0.25) is 0 Å². The number of fused-ring (bicyclic) bond motifs is 1. The van der Waals surface area contributed by atoms with Crippen molar-refractivity contribution in [3.8, 4) is 0 Å². The summed E-state index contributed by atoms with van der Waals surface area (Å²) in [5, 5.41) is 5.76. The Morgan fingerprint density at radius 3 is 2.73 bits per heavy atom. The van der Waals surface area contributed by atoms with Crippen molar-refractivity contribution in [1.29, 1.82) is 0 Å². The number of nitrogens with two attached hydrogens (primary N) is 1. The van der Waals surface area contributed by atoms with Crippen molar-refractivity contribution in [3.05, 3.63) is 6.20 Å². The maximum atomic E-state index is 5.83. The van der Waals surface area contributed by atoms with Crippen LogP contribution in [0, 0.1) is 0 Å². The van der Waals surface area contributed by atoms with E-state index >= 15 is 0 Å². The van der Waals surface area contributed by atoms with E-state index in [4.69, 9.17) is 5.73 Å². The molecule has 0 aromatic carbocycles. The fourth-order valence-electron chi connectivity index (χ4n) is 1.40. The second kappa shape index (κ2) is 3.69. The van der Waals surface area contributed by atoms with Crippen LogP contribution < -0.4 is 5.73 Å². The third-order valence-corrected chi connectivity index (χ3v) is 2.68. The predicted octanol–water partition coefficient (Wildman–Crippen LogP) is 1.71. The summed E-state index contributed by atoms with van der Waals surface area (Å²) in [6.45, 7) is 4.12. The molecule has 0 amide bonds. The van der Waals surface area contributed by atoms with E-state index < -0.39 is 0 Å². The summed E-state index contributed by atoms with van der Waals surface area (Å²) in [5.74, 6) is 0.497. The van der Waals surface area contributed by atoms with E-state index in [0.717, 1.165) is 11.0 Å². The summed E-state index contributed by atoms with van der Waals surface area (Å²) in [7, 11) is 0. The first kappa shape index (κ1) is 10.2. The number of nitrogen functional groups attached to an aromatic ring is 1. The van der Waals surface area contributed by atoms with Crippen molar-refractivity contribution in [1.82, 2.24) is 19.7 Å². The van der Waals surface area contributed by atoms with Gasteiger partial charge in [-0.05, 0) is 20.1 Å². The van der Waals surface area contributed by atoms with Gasteiger partial charge in [0.2, 0.25) is 0 Å². The molecule has 5 nitrogen and oxygen atoms in total. The summed E-state index contributed by atoms with van der Waals surface area (Å²) in [5.41, 5.74) is 6.64. The molecule has 2 rings (SSSR count). The highest BCUT2D eigenvalue weighted by Gasteiger charge is 2.11. The zero-order chi connectivity index (χ0) is 11.0. The summed E-state index contributed by atoms with van der Waals surface area (Å²) >= 11 is 1.48. The van der Waals surface area contributed by atoms with Crippen LogP contribution in [0.5, 0.6) is 0 Å². The molecular formula is C9H13N5S. The Hall–Kier alpha value is -1.30. The van der Waals surface area contributed by atoms with Crippen molar-refractivity contribution < 1.29 is 0 Å². The lowest BCUT2D eigenvalue weighted by atomic mass is 10.3. The summed E-state index contributed by atoms with van der Waals surface area (Å²) in [6.07, 6.45) is 3.64. The standard InChI is InChI=1S/C9H13N5S/c1-5(2)14-8-6(4-11-14)7(10)12-9(13-8)15-3/h4-5H,1-3H3,(H2,10,12,13). The van der Waals surface area contributed by atoms with E-state index in [9.17, 15) is 0 Å². The Kier molecular flexibility index (Phi) is 2.52. The van der Waals surface area contributed by atoms with Gasteiger partial charge in [0.1, 0.15) is 5.82 Å². The highest BCUT2D eigenvalue weighted by molar-refractivity contribution is 7.98. The van der Waals surface area contributed by atoms with E-state index in [1.54, 1.807) is 6.20 Å². The third-order valence-electron chi connectivity index (χ3n) is 2.13. The van der Waals surface area contributed by atoms with Crippen LogP contribution >= 0.6 is 11.8 Å². The maximum Gasteiger partial charge on any atom is 0.191 e. The quantitative estimate of drug-likeness (QED) is 0.620. The first-order valence-corrected chi connectivity index (χ1v) is 5.90. The largest absolute Gasteiger partial charge is 0.383 e. The molecule has 0 saturated heterocycles. The molecule has 0 aliphatic heterocycles. The van der Waals surface area contributed by atoms with Crippen LogP contribution in [0.25, 0.3) is 11.0 Å². The van der Waals surface area contributed by atoms with Crippen LogP contribution in [0.15, 0.2) is 11.4 Å². The van der Waals surface area contributed by atoms with Crippen molar-refractivity contribution >= 4 is 28.6 Å². The minimum absolute atomic E-state index is 0.270. The zero-order valence-electron chi connectivity index (χ0n) is 8.93. The molecule has 0 spiro atoms. The lowest BCUT2D eigenvalue weighted by Gasteiger charge is -2.06. The molecule has 0 radical (unpaired) electrons. The van der Waals surface area contributed by atoms with Crippen molar-refractivity contribution in [2.75, 3.05) is 12.0 Å². The molecule has 15 heavy (non-hydrogen) atoms. The Balaban J connectivity index is 2.72. The number of nitrogens with zero attached hydrogens (tertiary/aromatic N) is 4. The van der Waals surface area contributed by atoms with E-state index in [2.05, 4.69) is 28.9 Å². The van der Waals surface area contributed by atoms with Crippen molar-refractivity contribution in [3.63, 3.8) is 0 Å². The molecule has 2 N–H and O–H groups in total. The molecular weight excluding hydrogens is 210 g/mol. The van der Waals surface area contributed by atoms with Crippen LogP contribution in [0.2, 0.25) is 0 Å². The molecule has 2 heterocycles. The molecule has 0 fully saturated rings. The molecule has 2 aromatic rings. The number of hydrogen-bond donors (Lipinski definition) is 1. The van der Waals surface area contributed by atoms with Gasteiger partial charge < -0.3 is 5.73 Å². The molecule has 0 bridgehead atoms. The van der Waals surface area contributed by atoms with Crippen LogP contribution in [0.3, 0.4) is 0 Å². The van der Waals surface area contributed by atoms with Crippen LogP contribution in [-0.2, 0) is 0 Å². The van der Waals surface area contributed by atoms with Gasteiger partial charge in [0.05, 0.1) is 11.6 Å². The Morgan fingerprint density at radius 2 is 2.13 bits per heavy atom. The number of aromatic nitrogens is 4. The van der Waals surface area contributed by atoms with Gasteiger partial charge in [-0.1, -0.05) is 11.8 Å². The average Bonchev–Trinajstić information content (AvgIpc) is 2.61. The topological polar surface area (TPSA) is 69.6 Å². The number of anilines is 1. The molecule has 0 aliphatic carbocycles. The zero-order valence-corrected chi connectivity index (χ0v) is 9.75. The van der Waals surface area contributed by atoms with Gasteiger partial charge in [-0.25, -0.2) is 14.6 Å². The minimum Gasteiger partial charge on any atom is -0.383 e. The molecule has 0 aliphatic rings. The first-order chi connectivity index (χ1) is 7.13. The van der Waals surface area contributed by atoms with Gasteiger partial charge >= 0.3 is 0 Å².